The molecule has 162 valence electrons. The van der Waals surface area contributed by atoms with Gasteiger partial charge in [0.25, 0.3) is 0 Å². The average molecular weight is 413 g/mol. The summed E-state index contributed by atoms with van der Waals surface area (Å²) in [5.74, 6) is -0.790. The van der Waals surface area contributed by atoms with Gasteiger partial charge in [-0.1, -0.05) is 37.5 Å². The molecule has 1 aromatic heterocycles. The molecule has 0 saturated heterocycles. The lowest BCUT2D eigenvalue weighted by Gasteiger charge is -2.49. The number of nitrogens with one attached hydrogen (secondary N) is 1. The maximum Gasteiger partial charge on any atom is 0.411 e. The van der Waals surface area contributed by atoms with Crippen LogP contribution in [0.5, 0.6) is 0 Å². The highest BCUT2D eigenvalue weighted by Crippen LogP contribution is 2.49. The monoisotopic (exact) mass is 412 g/mol. The number of hydrogen-bond donors (Lipinski definition) is 2. The lowest BCUT2D eigenvalue weighted by molar-refractivity contribution is -0.154. The molecule has 1 saturated carbocycles. The molecule has 6 heteroatoms. The number of aliphatic carboxylic acids is 1. The van der Waals surface area contributed by atoms with Crippen molar-refractivity contribution in [3.8, 4) is 0 Å². The van der Waals surface area contributed by atoms with Gasteiger partial charge in [0.2, 0.25) is 0 Å². The fraction of sp³-hybridized carbons (Fsp3) is 0.583. The first kappa shape index (κ1) is 20.8. The number of carboxylic acid groups (broad SMARTS) is 1. The number of aromatic amines is 1. The summed E-state index contributed by atoms with van der Waals surface area (Å²) >= 11 is 0. The summed E-state index contributed by atoms with van der Waals surface area (Å²) in [5.41, 5.74) is 0.914. The van der Waals surface area contributed by atoms with Crippen LogP contribution in [0.1, 0.15) is 77.1 Å². The van der Waals surface area contributed by atoms with Gasteiger partial charge in [-0.05, 0) is 58.1 Å². The number of ether oxygens (including phenoxy) is 1. The van der Waals surface area contributed by atoms with Crippen LogP contribution in [0.3, 0.4) is 0 Å². The van der Waals surface area contributed by atoms with Crippen molar-refractivity contribution in [1.29, 1.82) is 0 Å². The van der Waals surface area contributed by atoms with Gasteiger partial charge in [0.15, 0.2) is 0 Å². The van der Waals surface area contributed by atoms with Crippen LogP contribution in [0, 0.1) is 5.92 Å². The second kappa shape index (κ2) is 7.33. The molecule has 2 heterocycles. The molecular formula is C24H32N2O4. The lowest BCUT2D eigenvalue weighted by atomic mass is 9.74. The molecule has 1 amide bonds. The maximum absolute atomic E-state index is 13.4. The number of H-pyrrole nitrogens is 1. The van der Waals surface area contributed by atoms with Gasteiger partial charge in [0.1, 0.15) is 11.1 Å². The molecule has 2 N–H and O–H groups in total. The van der Waals surface area contributed by atoms with Gasteiger partial charge in [-0.25, -0.2) is 9.59 Å². The molecular weight excluding hydrogens is 380 g/mol. The highest BCUT2D eigenvalue weighted by molar-refractivity contribution is 5.90. The van der Waals surface area contributed by atoms with Crippen molar-refractivity contribution in [3.63, 3.8) is 0 Å². The second-order valence-corrected chi connectivity index (χ2v) is 10.0. The standard InChI is InChI=1S/C24H32N2O4/c1-23(2,3)30-22(29)26-20(15-10-6-5-7-11-15)19-17(14-24(26,4)21(27)28)16-12-8-9-13-18(16)25-19/h8-9,12-13,15,20,25H,5-7,10-11,14H2,1-4H3,(H,27,28)/t20-,24-/m1/s1. The Morgan fingerprint density at radius 2 is 1.83 bits per heavy atom. The first-order valence-corrected chi connectivity index (χ1v) is 11.0. The van der Waals surface area contributed by atoms with E-state index in [0.29, 0.717) is 0 Å². The van der Waals surface area contributed by atoms with E-state index >= 15 is 0 Å². The molecule has 0 bridgehead atoms. The van der Waals surface area contributed by atoms with Gasteiger partial charge in [0, 0.05) is 23.0 Å². The summed E-state index contributed by atoms with van der Waals surface area (Å²) in [6.45, 7) is 7.12. The first-order chi connectivity index (χ1) is 14.1. The third-order valence-corrected chi connectivity index (χ3v) is 6.62. The summed E-state index contributed by atoms with van der Waals surface area (Å²) < 4.78 is 5.74. The SMILES string of the molecule is CC(C)(C)OC(=O)N1[C@H](C2CCCCC2)c2[nH]c3ccccc3c2C[C@]1(C)C(=O)O. The van der Waals surface area contributed by atoms with Gasteiger partial charge in [0.05, 0.1) is 6.04 Å². The minimum Gasteiger partial charge on any atom is -0.479 e. The van der Waals surface area contributed by atoms with E-state index in [-0.39, 0.29) is 18.4 Å². The van der Waals surface area contributed by atoms with E-state index in [0.717, 1.165) is 47.8 Å². The molecule has 2 aromatic rings. The van der Waals surface area contributed by atoms with Crippen LogP contribution in [0.15, 0.2) is 24.3 Å². The molecule has 0 spiro atoms. The van der Waals surface area contributed by atoms with Gasteiger partial charge in [-0.2, -0.15) is 0 Å². The second-order valence-electron chi connectivity index (χ2n) is 10.0. The van der Waals surface area contributed by atoms with E-state index in [4.69, 9.17) is 4.74 Å². The molecule has 1 aliphatic carbocycles. The Kier molecular flexibility index (Phi) is 5.07. The van der Waals surface area contributed by atoms with Crippen molar-refractivity contribution >= 4 is 23.0 Å². The summed E-state index contributed by atoms with van der Waals surface area (Å²) in [5, 5.41) is 11.4. The molecule has 1 aliphatic heterocycles. The fourth-order valence-corrected chi connectivity index (χ4v) is 5.23. The molecule has 6 nitrogen and oxygen atoms in total. The quantitative estimate of drug-likeness (QED) is 0.689. The molecule has 1 aromatic carbocycles. The molecule has 0 unspecified atom stereocenters. The van der Waals surface area contributed by atoms with Crippen molar-refractivity contribution < 1.29 is 19.4 Å². The van der Waals surface area contributed by atoms with E-state index < -0.39 is 23.2 Å². The number of hydrogen-bond acceptors (Lipinski definition) is 3. The largest absolute Gasteiger partial charge is 0.479 e. The number of amides is 1. The minimum atomic E-state index is -1.37. The van der Waals surface area contributed by atoms with Crippen molar-refractivity contribution in [2.75, 3.05) is 0 Å². The number of carboxylic acids is 1. The third-order valence-electron chi connectivity index (χ3n) is 6.62. The fourth-order valence-electron chi connectivity index (χ4n) is 5.23. The number of benzene rings is 1. The van der Waals surface area contributed by atoms with Gasteiger partial charge >= 0.3 is 12.1 Å². The Morgan fingerprint density at radius 1 is 1.17 bits per heavy atom. The third kappa shape index (κ3) is 3.46. The Morgan fingerprint density at radius 3 is 2.47 bits per heavy atom. The topological polar surface area (TPSA) is 82.6 Å². The zero-order chi connectivity index (χ0) is 21.7. The van der Waals surface area contributed by atoms with Gasteiger partial charge in [-0.3, -0.25) is 4.90 Å². The van der Waals surface area contributed by atoms with Gasteiger partial charge < -0.3 is 14.8 Å². The normalized spacial score (nSPS) is 25.2. The zero-order valence-electron chi connectivity index (χ0n) is 18.3. The van der Waals surface area contributed by atoms with E-state index in [1.54, 1.807) is 6.92 Å². The smallest absolute Gasteiger partial charge is 0.411 e. The summed E-state index contributed by atoms with van der Waals surface area (Å²) in [6.07, 6.45) is 5.05. The Balaban J connectivity index is 1.91. The molecule has 2 atom stereocenters. The summed E-state index contributed by atoms with van der Waals surface area (Å²) in [6, 6.07) is 7.67. The molecule has 2 aliphatic rings. The molecule has 30 heavy (non-hydrogen) atoms. The highest BCUT2D eigenvalue weighted by atomic mass is 16.6. The van der Waals surface area contributed by atoms with E-state index in [2.05, 4.69) is 4.98 Å². The van der Waals surface area contributed by atoms with Crippen molar-refractivity contribution in [2.45, 2.75) is 83.4 Å². The maximum atomic E-state index is 13.4. The minimum absolute atomic E-state index is 0.206. The predicted octanol–water partition coefficient (Wildman–Crippen LogP) is 5.43. The van der Waals surface area contributed by atoms with Crippen LogP contribution in [0.4, 0.5) is 4.79 Å². The predicted molar refractivity (Wildman–Crippen MR) is 115 cm³/mol. The van der Waals surface area contributed by atoms with Crippen LogP contribution in [0.2, 0.25) is 0 Å². The zero-order valence-corrected chi connectivity index (χ0v) is 18.3. The number of para-hydroxylation sites is 1. The first-order valence-electron chi connectivity index (χ1n) is 11.0. The average Bonchev–Trinajstić information content (AvgIpc) is 3.04. The van der Waals surface area contributed by atoms with Crippen LogP contribution in [0.25, 0.3) is 10.9 Å². The lowest BCUT2D eigenvalue weighted by Crippen LogP contribution is -2.62. The molecule has 1 fully saturated rings. The molecule has 4 rings (SSSR count). The van der Waals surface area contributed by atoms with Crippen molar-refractivity contribution in [3.05, 3.63) is 35.5 Å². The number of carbonyl (C=O) groups is 2. The summed E-state index contributed by atoms with van der Waals surface area (Å²) in [4.78, 5) is 31.1. The van der Waals surface area contributed by atoms with E-state index in [1.807, 2.05) is 45.0 Å². The molecule has 0 radical (unpaired) electrons. The highest BCUT2D eigenvalue weighted by Gasteiger charge is 2.54. The van der Waals surface area contributed by atoms with Crippen LogP contribution >= 0.6 is 0 Å². The van der Waals surface area contributed by atoms with Crippen LogP contribution in [-0.2, 0) is 16.0 Å². The van der Waals surface area contributed by atoms with E-state index in [9.17, 15) is 14.7 Å². The number of nitrogens with zero attached hydrogens (tertiary/aromatic N) is 1. The van der Waals surface area contributed by atoms with Crippen LogP contribution < -0.4 is 0 Å². The van der Waals surface area contributed by atoms with Crippen LogP contribution in [-0.4, -0.2) is 38.2 Å². The number of fused-ring (bicyclic) bond motifs is 3. The van der Waals surface area contributed by atoms with Crippen molar-refractivity contribution in [2.24, 2.45) is 5.92 Å². The Labute approximate surface area is 177 Å². The number of aromatic nitrogens is 1. The van der Waals surface area contributed by atoms with Crippen molar-refractivity contribution in [1.82, 2.24) is 9.88 Å². The number of rotatable bonds is 2. The Hall–Kier alpha value is -2.50. The van der Waals surface area contributed by atoms with E-state index in [1.165, 1.54) is 11.3 Å². The summed E-state index contributed by atoms with van der Waals surface area (Å²) in [7, 11) is 0. The van der Waals surface area contributed by atoms with Gasteiger partial charge in [-0.15, -0.1) is 0 Å². The Bertz CT molecular complexity index is 967. The number of carbonyl (C=O) groups excluding carboxylic acids is 1.